The lowest BCUT2D eigenvalue weighted by Crippen LogP contribution is -2.10. The molecule has 2 rings (SSSR count). The van der Waals surface area contributed by atoms with Crippen LogP contribution >= 0.6 is 0 Å². The maximum atomic E-state index is 10.9. The van der Waals surface area contributed by atoms with Gasteiger partial charge in [-0.25, -0.2) is 0 Å². The quantitative estimate of drug-likeness (QED) is 0.802. The van der Waals surface area contributed by atoms with Gasteiger partial charge in [-0.1, -0.05) is 18.2 Å². The monoisotopic (exact) mass is 223 g/mol. The number of rotatable bonds is 2. The van der Waals surface area contributed by atoms with Gasteiger partial charge in [-0.2, -0.15) is 0 Å². The molecule has 4 heteroatoms. The van der Waals surface area contributed by atoms with Crippen molar-refractivity contribution in [2.75, 3.05) is 18.5 Å². The molecule has 16 heavy (non-hydrogen) atoms. The van der Waals surface area contributed by atoms with E-state index in [0.29, 0.717) is 11.3 Å². The lowest BCUT2D eigenvalue weighted by atomic mass is 10.1. The Hall–Kier alpha value is -1.39. The number of ether oxygens (including phenoxy) is 1. The van der Waals surface area contributed by atoms with E-state index in [0.717, 1.165) is 13.2 Å². The van der Waals surface area contributed by atoms with E-state index >= 15 is 0 Å². The molecule has 0 aromatic heterocycles. The average Bonchev–Trinajstić information content (AvgIpc) is 2.58. The lowest BCUT2D eigenvalue weighted by Gasteiger charge is -1.96. The third-order valence-electron chi connectivity index (χ3n) is 2.17. The topological polar surface area (TPSA) is 58.6 Å². The van der Waals surface area contributed by atoms with Crippen LogP contribution in [0.4, 0.5) is 5.69 Å². The number of benzene rings is 1. The molecule has 2 N–H and O–H groups in total. The molecular formula is C12H17NO3. The van der Waals surface area contributed by atoms with Crippen LogP contribution in [0.15, 0.2) is 24.3 Å². The van der Waals surface area contributed by atoms with Crippen LogP contribution in [0, 0.1) is 0 Å². The lowest BCUT2D eigenvalue weighted by molar-refractivity contribution is -0.123. The minimum atomic E-state index is -0.980. The molecule has 0 fully saturated rings. The second kappa shape index (κ2) is 6.25. The number of para-hydroxylation sites is 1. The maximum absolute atomic E-state index is 10.9. The first-order chi connectivity index (χ1) is 7.70. The van der Waals surface area contributed by atoms with Crippen LogP contribution in [-0.2, 0) is 9.53 Å². The van der Waals surface area contributed by atoms with Gasteiger partial charge in [0.2, 0.25) is 0 Å². The number of hydrogen-bond acceptors (Lipinski definition) is 3. The van der Waals surface area contributed by atoms with Crippen LogP contribution in [-0.4, -0.2) is 24.2 Å². The van der Waals surface area contributed by atoms with Crippen molar-refractivity contribution in [3.63, 3.8) is 0 Å². The Bertz CT molecular complexity index is 350. The Morgan fingerprint density at radius 3 is 2.44 bits per heavy atom. The molecule has 1 unspecified atom stereocenters. The van der Waals surface area contributed by atoms with Gasteiger partial charge in [-0.3, -0.25) is 4.79 Å². The van der Waals surface area contributed by atoms with Crippen molar-refractivity contribution in [1.29, 1.82) is 0 Å². The first kappa shape index (κ1) is 12.7. The fourth-order valence-corrected chi connectivity index (χ4v) is 1.40. The number of aliphatic hydroxyl groups excluding tert-OH is 1. The summed E-state index contributed by atoms with van der Waals surface area (Å²) < 4.78 is 4.83. The zero-order valence-corrected chi connectivity index (χ0v) is 9.56. The zero-order valence-electron chi connectivity index (χ0n) is 9.56. The highest BCUT2D eigenvalue weighted by Gasteiger charge is 2.27. The molecule has 0 saturated heterocycles. The summed E-state index contributed by atoms with van der Waals surface area (Å²) in [5, 5.41) is 11.8. The van der Waals surface area contributed by atoms with E-state index in [1.807, 2.05) is 19.9 Å². The van der Waals surface area contributed by atoms with Crippen LogP contribution in [0.3, 0.4) is 0 Å². The molecule has 1 heterocycles. The van der Waals surface area contributed by atoms with Gasteiger partial charge in [-0.05, 0) is 19.9 Å². The van der Waals surface area contributed by atoms with E-state index in [9.17, 15) is 9.90 Å². The van der Waals surface area contributed by atoms with Gasteiger partial charge < -0.3 is 15.2 Å². The van der Waals surface area contributed by atoms with Gasteiger partial charge in [-0.15, -0.1) is 0 Å². The number of aliphatic hydroxyl groups is 1. The summed E-state index contributed by atoms with van der Waals surface area (Å²) >= 11 is 0. The number of anilines is 1. The summed E-state index contributed by atoms with van der Waals surface area (Å²) in [6.45, 7) is 5.67. The molecule has 0 aliphatic carbocycles. The highest BCUT2D eigenvalue weighted by molar-refractivity contribution is 6.01. The van der Waals surface area contributed by atoms with Crippen molar-refractivity contribution >= 4 is 11.6 Å². The molecule has 1 atom stereocenters. The second-order valence-electron chi connectivity index (χ2n) is 3.26. The third-order valence-corrected chi connectivity index (χ3v) is 2.17. The number of carbonyl (C=O) groups is 1. The van der Waals surface area contributed by atoms with Crippen molar-refractivity contribution in [2.24, 2.45) is 0 Å². The van der Waals surface area contributed by atoms with E-state index in [4.69, 9.17) is 4.74 Å². The molecule has 0 bridgehead atoms. The van der Waals surface area contributed by atoms with Gasteiger partial charge in [0.1, 0.15) is 0 Å². The molecular weight excluding hydrogens is 206 g/mol. The molecule has 0 saturated carbocycles. The second-order valence-corrected chi connectivity index (χ2v) is 3.26. The highest BCUT2D eigenvalue weighted by atomic mass is 16.5. The maximum Gasteiger partial charge on any atom is 0.257 e. The Kier molecular flexibility index (Phi) is 4.95. The van der Waals surface area contributed by atoms with Gasteiger partial charge >= 0.3 is 0 Å². The molecule has 1 amide bonds. The number of fused-ring (bicyclic) bond motifs is 1. The van der Waals surface area contributed by atoms with Crippen molar-refractivity contribution in [3.8, 4) is 0 Å². The summed E-state index contributed by atoms with van der Waals surface area (Å²) in [5.41, 5.74) is 1.38. The van der Waals surface area contributed by atoms with Crippen LogP contribution < -0.4 is 5.32 Å². The van der Waals surface area contributed by atoms with E-state index < -0.39 is 6.10 Å². The molecule has 1 aromatic rings. The standard InChI is InChI=1S/C8H7NO2.C4H10O/c10-7-5-3-1-2-4-6(5)9-8(7)11;1-3-5-4-2/h1-4,7,10H,(H,9,11);3-4H2,1-2H3. The van der Waals surface area contributed by atoms with Crippen molar-refractivity contribution in [2.45, 2.75) is 20.0 Å². The van der Waals surface area contributed by atoms with Gasteiger partial charge in [0.25, 0.3) is 5.91 Å². The molecule has 1 aromatic carbocycles. The van der Waals surface area contributed by atoms with Crippen molar-refractivity contribution < 1.29 is 14.6 Å². The Balaban J connectivity index is 0.000000221. The fraction of sp³-hybridized carbons (Fsp3) is 0.417. The minimum absolute atomic E-state index is 0.341. The van der Waals surface area contributed by atoms with Gasteiger partial charge in [0.05, 0.1) is 0 Å². The smallest absolute Gasteiger partial charge is 0.257 e. The van der Waals surface area contributed by atoms with Gasteiger partial charge in [0, 0.05) is 24.5 Å². The molecule has 88 valence electrons. The average molecular weight is 223 g/mol. The van der Waals surface area contributed by atoms with Crippen LogP contribution in [0.5, 0.6) is 0 Å². The fourth-order valence-electron chi connectivity index (χ4n) is 1.40. The molecule has 1 aliphatic rings. The zero-order chi connectivity index (χ0) is 12.0. The van der Waals surface area contributed by atoms with Crippen LogP contribution in [0.2, 0.25) is 0 Å². The molecule has 0 radical (unpaired) electrons. The summed E-state index contributed by atoms with van der Waals surface area (Å²) in [6, 6.07) is 7.11. The Morgan fingerprint density at radius 2 is 1.94 bits per heavy atom. The minimum Gasteiger partial charge on any atom is -0.382 e. The Labute approximate surface area is 95.2 Å². The Morgan fingerprint density at radius 1 is 1.31 bits per heavy atom. The predicted octanol–water partition coefficient (Wildman–Crippen LogP) is 1.71. The van der Waals surface area contributed by atoms with Gasteiger partial charge in [0.15, 0.2) is 6.10 Å². The number of nitrogens with one attached hydrogen (secondary N) is 1. The first-order valence-electron chi connectivity index (χ1n) is 5.36. The third kappa shape index (κ3) is 3.05. The summed E-state index contributed by atoms with van der Waals surface area (Å²) in [4.78, 5) is 10.9. The summed E-state index contributed by atoms with van der Waals surface area (Å²) in [7, 11) is 0. The SMILES string of the molecule is CCOCC.O=C1Nc2ccccc2C1O. The van der Waals surface area contributed by atoms with E-state index in [2.05, 4.69) is 5.32 Å². The summed E-state index contributed by atoms with van der Waals surface area (Å²) in [5.74, 6) is -0.341. The highest BCUT2D eigenvalue weighted by Crippen LogP contribution is 2.29. The van der Waals surface area contributed by atoms with E-state index in [-0.39, 0.29) is 5.91 Å². The molecule has 1 aliphatic heterocycles. The van der Waals surface area contributed by atoms with Crippen molar-refractivity contribution in [3.05, 3.63) is 29.8 Å². The molecule has 0 spiro atoms. The number of hydrogen-bond donors (Lipinski definition) is 2. The largest absolute Gasteiger partial charge is 0.382 e. The first-order valence-corrected chi connectivity index (χ1v) is 5.36. The van der Waals surface area contributed by atoms with E-state index in [1.54, 1.807) is 18.2 Å². The summed E-state index contributed by atoms with van der Waals surface area (Å²) in [6.07, 6.45) is -0.980. The van der Waals surface area contributed by atoms with Crippen LogP contribution in [0.25, 0.3) is 0 Å². The van der Waals surface area contributed by atoms with E-state index in [1.165, 1.54) is 0 Å². The molecule has 4 nitrogen and oxygen atoms in total. The van der Waals surface area contributed by atoms with Crippen LogP contribution in [0.1, 0.15) is 25.5 Å². The number of amides is 1. The van der Waals surface area contributed by atoms with Crippen molar-refractivity contribution in [1.82, 2.24) is 0 Å². The normalized spacial score (nSPS) is 17.2. The predicted molar refractivity (Wildman–Crippen MR) is 62.2 cm³/mol. The number of carbonyl (C=O) groups excluding carboxylic acids is 1.